The zero-order chi connectivity index (χ0) is 18.1. The first-order valence-corrected chi connectivity index (χ1v) is 8.88. The predicted molar refractivity (Wildman–Crippen MR) is 96.6 cm³/mol. The van der Waals surface area contributed by atoms with Crippen LogP contribution in [0.2, 0.25) is 0 Å². The van der Waals surface area contributed by atoms with Gasteiger partial charge in [0.15, 0.2) is 5.82 Å². The highest BCUT2D eigenvalue weighted by Crippen LogP contribution is 2.27. The fourth-order valence-electron chi connectivity index (χ4n) is 2.44. The molecule has 0 atom stereocenters. The van der Waals surface area contributed by atoms with Crippen LogP contribution in [-0.4, -0.2) is 25.0 Å². The summed E-state index contributed by atoms with van der Waals surface area (Å²) >= 11 is 1.37. The van der Waals surface area contributed by atoms with Crippen molar-refractivity contribution < 1.29 is 8.94 Å². The molecule has 0 aliphatic carbocycles. The summed E-state index contributed by atoms with van der Waals surface area (Å²) < 4.78 is 12.0. The summed E-state index contributed by atoms with van der Waals surface area (Å²) in [6.07, 6.45) is 1.59. The summed E-state index contributed by atoms with van der Waals surface area (Å²) in [6, 6.07) is 9.76. The molecule has 9 heteroatoms. The van der Waals surface area contributed by atoms with E-state index < -0.39 is 0 Å². The first-order valence-electron chi connectivity index (χ1n) is 7.89. The Kier molecular flexibility index (Phi) is 4.21. The maximum Gasteiger partial charge on any atom is 0.237 e. The minimum Gasteiger partial charge on any atom is -0.469 e. The number of hydrogen-bond acceptors (Lipinski definition) is 8. The number of furan rings is 1. The molecule has 0 aliphatic rings. The molecule has 3 heterocycles. The van der Waals surface area contributed by atoms with Crippen molar-refractivity contribution in [2.45, 2.75) is 24.8 Å². The van der Waals surface area contributed by atoms with Crippen LogP contribution in [0.1, 0.15) is 17.2 Å². The van der Waals surface area contributed by atoms with Gasteiger partial charge in [0, 0.05) is 5.56 Å². The highest BCUT2D eigenvalue weighted by atomic mass is 32.2. The highest BCUT2D eigenvalue weighted by molar-refractivity contribution is 7.98. The van der Waals surface area contributed by atoms with Gasteiger partial charge in [-0.15, -0.1) is 10.2 Å². The molecule has 4 rings (SSSR count). The van der Waals surface area contributed by atoms with E-state index in [2.05, 4.69) is 20.3 Å². The van der Waals surface area contributed by atoms with Crippen LogP contribution in [0.5, 0.6) is 0 Å². The van der Waals surface area contributed by atoms with E-state index in [9.17, 15) is 0 Å². The van der Waals surface area contributed by atoms with E-state index in [1.54, 1.807) is 6.26 Å². The Bertz CT molecular complexity index is 1030. The van der Waals surface area contributed by atoms with Crippen molar-refractivity contribution in [2.75, 3.05) is 5.84 Å². The average Bonchev–Trinajstić information content (AvgIpc) is 3.35. The van der Waals surface area contributed by atoms with Gasteiger partial charge < -0.3 is 14.8 Å². The third-order valence-corrected chi connectivity index (χ3v) is 4.79. The zero-order valence-corrected chi connectivity index (χ0v) is 15.0. The van der Waals surface area contributed by atoms with Gasteiger partial charge in [-0.1, -0.05) is 46.7 Å². The summed E-state index contributed by atoms with van der Waals surface area (Å²) in [6.45, 7) is 3.88. The molecule has 0 spiro atoms. The zero-order valence-electron chi connectivity index (χ0n) is 14.2. The third-order valence-electron chi connectivity index (χ3n) is 3.87. The average molecular weight is 368 g/mol. The van der Waals surface area contributed by atoms with Crippen molar-refractivity contribution in [2.24, 2.45) is 0 Å². The lowest BCUT2D eigenvalue weighted by Gasteiger charge is -2.01. The number of nitrogen functional groups attached to an aromatic ring is 1. The number of aromatic nitrogens is 5. The van der Waals surface area contributed by atoms with Crippen molar-refractivity contribution in [1.29, 1.82) is 0 Å². The van der Waals surface area contributed by atoms with Gasteiger partial charge in [-0.2, -0.15) is 4.98 Å². The fourth-order valence-corrected chi connectivity index (χ4v) is 3.13. The number of rotatable bonds is 5. The molecule has 3 aromatic heterocycles. The second-order valence-electron chi connectivity index (χ2n) is 5.73. The van der Waals surface area contributed by atoms with Gasteiger partial charge in [0.25, 0.3) is 0 Å². The number of nitrogens with zero attached hydrogens (tertiary/aromatic N) is 5. The topological polar surface area (TPSA) is 109 Å². The standard InChI is InChI=1S/C17H16N6O2S/c1-10-3-5-12(6-4-10)15-19-14(25-22-15)9-26-17-21-20-16(23(17)18)13-7-8-24-11(13)2/h3-8H,9,18H2,1-2H3. The van der Waals surface area contributed by atoms with Crippen LogP contribution >= 0.6 is 11.8 Å². The van der Waals surface area contributed by atoms with Gasteiger partial charge in [0.2, 0.25) is 16.9 Å². The molecule has 0 amide bonds. The van der Waals surface area contributed by atoms with E-state index in [4.69, 9.17) is 14.8 Å². The smallest absolute Gasteiger partial charge is 0.237 e. The molecule has 0 fully saturated rings. The summed E-state index contributed by atoms with van der Waals surface area (Å²) in [5.41, 5.74) is 2.90. The lowest BCUT2D eigenvalue weighted by molar-refractivity contribution is 0.391. The molecular weight excluding hydrogens is 352 g/mol. The lowest BCUT2D eigenvalue weighted by atomic mass is 10.1. The third kappa shape index (κ3) is 3.08. The van der Waals surface area contributed by atoms with Gasteiger partial charge in [-0.05, 0) is 19.9 Å². The Labute approximate surface area is 153 Å². The number of benzene rings is 1. The molecule has 1 aromatic carbocycles. The molecule has 0 aliphatic heterocycles. The first-order chi connectivity index (χ1) is 12.6. The SMILES string of the molecule is Cc1ccc(-c2noc(CSc3nnc(-c4ccoc4C)n3N)n2)cc1. The Balaban J connectivity index is 1.48. The molecule has 4 aromatic rings. The summed E-state index contributed by atoms with van der Waals surface area (Å²) in [7, 11) is 0. The van der Waals surface area contributed by atoms with Crippen molar-refractivity contribution in [3.05, 3.63) is 53.8 Å². The lowest BCUT2D eigenvalue weighted by Crippen LogP contribution is -2.11. The Morgan fingerprint density at radius 1 is 1.12 bits per heavy atom. The van der Waals surface area contributed by atoms with E-state index in [-0.39, 0.29) is 0 Å². The summed E-state index contributed by atoms with van der Waals surface area (Å²) in [5.74, 6) is 8.88. The highest BCUT2D eigenvalue weighted by Gasteiger charge is 2.17. The predicted octanol–water partition coefficient (Wildman–Crippen LogP) is 3.21. The molecule has 2 N–H and O–H groups in total. The number of hydrogen-bond donors (Lipinski definition) is 1. The van der Waals surface area contributed by atoms with E-state index in [0.717, 1.165) is 16.9 Å². The largest absolute Gasteiger partial charge is 0.469 e. The number of nitrogens with two attached hydrogens (primary N) is 1. The summed E-state index contributed by atoms with van der Waals surface area (Å²) in [4.78, 5) is 4.41. The van der Waals surface area contributed by atoms with Gasteiger partial charge in [0.05, 0.1) is 17.6 Å². The van der Waals surface area contributed by atoms with Crippen LogP contribution in [0.4, 0.5) is 0 Å². The summed E-state index contributed by atoms with van der Waals surface area (Å²) in [5, 5.41) is 12.8. The van der Waals surface area contributed by atoms with Crippen LogP contribution in [0, 0.1) is 13.8 Å². The molecular formula is C17H16N6O2S. The number of aryl methyl sites for hydroxylation is 2. The Morgan fingerprint density at radius 2 is 1.92 bits per heavy atom. The molecule has 0 bridgehead atoms. The Hall–Kier alpha value is -3.07. The van der Waals surface area contributed by atoms with E-state index in [1.165, 1.54) is 22.0 Å². The molecule has 0 saturated carbocycles. The maximum absolute atomic E-state index is 6.10. The molecule has 0 saturated heterocycles. The Morgan fingerprint density at radius 3 is 2.65 bits per heavy atom. The van der Waals surface area contributed by atoms with E-state index in [1.807, 2.05) is 44.2 Å². The minimum atomic E-state index is 0.443. The van der Waals surface area contributed by atoms with Gasteiger partial charge >= 0.3 is 0 Å². The normalized spacial score (nSPS) is 11.2. The van der Waals surface area contributed by atoms with Gasteiger partial charge in [-0.25, -0.2) is 4.68 Å². The second kappa shape index (κ2) is 6.68. The monoisotopic (exact) mass is 368 g/mol. The van der Waals surface area contributed by atoms with Crippen LogP contribution < -0.4 is 5.84 Å². The molecule has 0 radical (unpaired) electrons. The maximum atomic E-state index is 6.10. The van der Waals surface area contributed by atoms with Crippen LogP contribution in [0.15, 0.2) is 50.7 Å². The van der Waals surface area contributed by atoms with Crippen molar-refractivity contribution in [1.82, 2.24) is 25.0 Å². The molecule has 8 nitrogen and oxygen atoms in total. The fraction of sp³-hybridized carbons (Fsp3) is 0.176. The second-order valence-corrected chi connectivity index (χ2v) is 6.68. The van der Waals surface area contributed by atoms with Crippen molar-refractivity contribution in [3.63, 3.8) is 0 Å². The molecule has 26 heavy (non-hydrogen) atoms. The first kappa shape index (κ1) is 16.4. The van der Waals surface area contributed by atoms with Crippen LogP contribution in [0.3, 0.4) is 0 Å². The van der Waals surface area contributed by atoms with Crippen LogP contribution in [-0.2, 0) is 5.75 Å². The van der Waals surface area contributed by atoms with E-state index in [0.29, 0.717) is 28.4 Å². The molecule has 132 valence electrons. The molecule has 0 unspecified atom stereocenters. The van der Waals surface area contributed by atoms with Crippen LogP contribution in [0.25, 0.3) is 22.8 Å². The van der Waals surface area contributed by atoms with Crippen molar-refractivity contribution in [3.8, 4) is 22.8 Å². The van der Waals surface area contributed by atoms with E-state index >= 15 is 0 Å². The minimum absolute atomic E-state index is 0.443. The van der Waals surface area contributed by atoms with Crippen molar-refractivity contribution >= 4 is 11.8 Å². The number of thioether (sulfide) groups is 1. The van der Waals surface area contributed by atoms with Gasteiger partial charge in [-0.3, -0.25) is 0 Å². The quantitative estimate of drug-likeness (QED) is 0.422. The van der Waals surface area contributed by atoms with Gasteiger partial charge in [0.1, 0.15) is 5.76 Å².